The van der Waals surface area contributed by atoms with Gasteiger partial charge >= 0.3 is 12.0 Å². The molecule has 17 heteroatoms. The van der Waals surface area contributed by atoms with E-state index in [1.54, 1.807) is 42.3 Å². The van der Waals surface area contributed by atoms with E-state index in [2.05, 4.69) is 59.6 Å². The number of aryl methyl sites for hydroxylation is 1. The number of aromatic nitrogens is 2. The molecule has 5 amide bonds. The van der Waals surface area contributed by atoms with E-state index >= 15 is 0 Å². The van der Waals surface area contributed by atoms with Crippen LogP contribution in [0, 0.1) is 11.3 Å². The minimum absolute atomic E-state index is 0.00685. The number of amides is 5. The molecule has 4 aliphatic rings. The van der Waals surface area contributed by atoms with Crippen LogP contribution < -0.4 is 16.1 Å². The number of hydrogen-bond acceptors (Lipinski definition) is 11. The van der Waals surface area contributed by atoms with Crippen molar-refractivity contribution >= 4 is 40.6 Å². The topological polar surface area (TPSA) is 201 Å². The number of carbonyl (C=O) groups excluding carboxylic acids is 5. The summed E-state index contributed by atoms with van der Waals surface area (Å²) >= 11 is 0. The number of nitrogens with zero attached hydrogens (tertiary/aromatic N) is 6. The number of urea groups is 1. The molecule has 3 saturated heterocycles. The van der Waals surface area contributed by atoms with Crippen LogP contribution in [0.4, 0.5) is 4.79 Å². The number of benzene rings is 2. The first-order chi connectivity index (χ1) is 33.0. The highest BCUT2D eigenvalue weighted by Gasteiger charge is 2.40. The fourth-order valence-corrected chi connectivity index (χ4v) is 10.4. The molecule has 370 valence electrons. The van der Waals surface area contributed by atoms with E-state index in [1.807, 2.05) is 39.0 Å². The zero-order chi connectivity index (χ0) is 49.3. The summed E-state index contributed by atoms with van der Waals surface area (Å²) in [6.45, 7) is 15.4. The maximum atomic E-state index is 14.8. The second kappa shape index (κ2) is 20.5. The Morgan fingerprint density at radius 2 is 1.75 bits per heavy atom. The zero-order valence-electron chi connectivity index (χ0n) is 41.3. The maximum Gasteiger partial charge on any atom is 0.324 e. The van der Waals surface area contributed by atoms with Gasteiger partial charge in [-0.2, -0.15) is 0 Å². The largest absolute Gasteiger partial charge is 0.508 e. The highest BCUT2D eigenvalue weighted by Crippen LogP contribution is 2.42. The first-order valence-corrected chi connectivity index (χ1v) is 24.5. The molecule has 4 aromatic rings. The minimum atomic E-state index is -1.16. The number of nitrogens with one attached hydrogen (secondary N) is 3. The van der Waals surface area contributed by atoms with E-state index < -0.39 is 41.3 Å². The number of pyridine rings is 1. The van der Waals surface area contributed by atoms with Crippen molar-refractivity contribution in [1.29, 1.82) is 0 Å². The SMILES string of the molecule is CCn1c(-c2cccnc2[C@H](C)OC)c2c3cc(ccc31)-c1cc(O)cc(c1)C[C@H](NC(=O)[C@H](C(C)C)N(C)C(=O)N1CCCN(C(=O)[C@@H]3CN3)CC1)C(=O)N1CCC[C@H](N1)C(=O)OCC(C)(C)C2. The monoisotopic (exact) mass is 948 g/mol. The Balaban J connectivity index is 1.16. The number of phenolic OH excluding ortho intramolecular Hbond substituents is 1. The van der Waals surface area contributed by atoms with Crippen LogP contribution in [0.2, 0.25) is 0 Å². The van der Waals surface area contributed by atoms with E-state index in [1.165, 1.54) is 9.91 Å². The molecule has 0 saturated carbocycles. The van der Waals surface area contributed by atoms with Crippen molar-refractivity contribution in [2.45, 2.75) is 110 Å². The smallest absolute Gasteiger partial charge is 0.324 e. The van der Waals surface area contributed by atoms with Gasteiger partial charge in [0.05, 0.1) is 30.1 Å². The second-order valence-corrected chi connectivity index (χ2v) is 20.2. The maximum absolute atomic E-state index is 14.8. The lowest BCUT2D eigenvalue weighted by atomic mass is 9.84. The van der Waals surface area contributed by atoms with Crippen LogP contribution in [0.25, 0.3) is 33.3 Å². The van der Waals surface area contributed by atoms with Crippen molar-refractivity contribution in [2.24, 2.45) is 11.3 Å². The third-order valence-electron chi connectivity index (χ3n) is 14.1. The summed E-state index contributed by atoms with van der Waals surface area (Å²) in [5, 5.41) is 19.9. The van der Waals surface area contributed by atoms with Crippen LogP contribution in [0.15, 0.2) is 54.7 Å². The van der Waals surface area contributed by atoms with E-state index in [9.17, 15) is 29.1 Å². The Morgan fingerprint density at radius 3 is 2.48 bits per heavy atom. The number of methoxy groups -OCH3 is 1. The van der Waals surface area contributed by atoms with Crippen molar-refractivity contribution in [1.82, 2.24) is 45.3 Å². The molecule has 3 fully saturated rings. The van der Waals surface area contributed by atoms with E-state index in [0.29, 0.717) is 70.5 Å². The average Bonchev–Trinajstić information content (AvgIpc) is 4.18. The van der Waals surface area contributed by atoms with Gasteiger partial charge in [-0.05, 0) is 104 Å². The third-order valence-corrected chi connectivity index (χ3v) is 14.1. The van der Waals surface area contributed by atoms with Crippen molar-refractivity contribution in [3.8, 4) is 28.1 Å². The molecule has 6 heterocycles. The van der Waals surface area contributed by atoms with E-state index in [-0.39, 0.29) is 55.3 Å². The standard InChI is InChI=1S/C52H69N9O8/c1-9-60-43-16-15-34-27-38(43)39(46(60)37-13-10-17-53-44(37)32(4)68-8)28-52(5,6)30-69-50(66)40-14-11-20-61(56-40)49(65)41(25-33-23-35(34)26-36(62)24-33)55-47(63)45(31(2)3)57(7)51(67)59-19-12-18-58(21-22-59)48(64)42-29-54-42/h10,13,15-17,23-24,26-27,31-32,40-42,45,54,56,62H,9,11-12,14,18-22,25,28-30H2,1-8H3,(H,55,63)/t32-,40-,41-,42-,45-/m0/s1. The summed E-state index contributed by atoms with van der Waals surface area (Å²) in [7, 11) is 3.27. The van der Waals surface area contributed by atoms with Crippen LogP contribution in [0.3, 0.4) is 0 Å². The molecule has 0 radical (unpaired) electrons. The Bertz CT molecular complexity index is 2590. The summed E-state index contributed by atoms with van der Waals surface area (Å²) in [5.74, 6) is -1.78. The van der Waals surface area contributed by atoms with Gasteiger partial charge in [-0.1, -0.05) is 39.8 Å². The number of phenols is 1. The van der Waals surface area contributed by atoms with Gasteiger partial charge in [-0.25, -0.2) is 10.2 Å². The Kier molecular flexibility index (Phi) is 14.7. The van der Waals surface area contributed by atoms with Gasteiger partial charge in [0.25, 0.3) is 5.91 Å². The van der Waals surface area contributed by atoms with Crippen molar-refractivity contribution in [2.75, 3.05) is 60.0 Å². The summed E-state index contributed by atoms with van der Waals surface area (Å²) in [6, 6.07) is 12.1. The van der Waals surface area contributed by atoms with Gasteiger partial charge in [0.2, 0.25) is 11.8 Å². The molecule has 2 aromatic carbocycles. The predicted molar refractivity (Wildman–Crippen MR) is 262 cm³/mol. The van der Waals surface area contributed by atoms with Gasteiger partial charge in [0, 0.05) is 94.5 Å². The molecule has 6 bridgehead atoms. The molecule has 0 unspecified atom stereocenters. The predicted octanol–water partition coefficient (Wildman–Crippen LogP) is 5.03. The van der Waals surface area contributed by atoms with Crippen LogP contribution >= 0.6 is 0 Å². The Labute approximate surface area is 404 Å². The fraction of sp³-hybridized carbons (Fsp3) is 0.538. The van der Waals surface area contributed by atoms with Crippen molar-refractivity contribution in [3.05, 3.63) is 71.5 Å². The van der Waals surface area contributed by atoms with Crippen LogP contribution in [0.5, 0.6) is 5.75 Å². The molecule has 2 aromatic heterocycles. The number of cyclic esters (lactones) is 1. The lowest BCUT2D eigenvalue weighted by Gasteiger charge is -2.37. The second-order valence-electron chi connectivity index (χ2n) is 20.2. The lowest BCUT2D eigenvalue weighted by Crippen LogP contribution is -2.62. The normalized spacial score (nSPS) is 21.8. The number of likely N-dealkylation sites (N-methyl/N-ethyl adjacent to an activating group) is 1. The molecule has 69 heavy (non-hydrogen) atoms. The molecule has 8 rings (SSSR count). The van der Waals surface area contributed by atoms with Gasteiger partial charge in [-0.15, -0.1) is 0 Å². The molecule has 5 atom stereocenters. The molecule has 0 spiro atoms. The summed E-state index contributed by atoms with van der Waals surface area (Å²) in [5.41, 5.74) is 9.57. The number of ether oxygens (including phenoxy) is 2. The number of carbonyl (C=O) groups is 5. The van der Waals surface area contributed by atoms with Crippen molar-refractivity contribution in [3.63, 3.8) is 0 Å². The summed E-state index contributed by atoms with van der Waals surface area (Å²) in [4.78, 5) is 80.1. The highest BCUT2D eigenvalue weighted by atomic mass is 16.5. The summed E-state index contributed by atoms with van der Waals surface area (Å²) < 4.78 is 14.2. The fourth-order valence-electron chi connectivity index (χ4n) is 10.4. The minimum Gasteiger partial charge on any atom is -0.508 e. The number of fused-ring (bicyclic) bond motifs is 6. The summed E-state index contributed by atoms with van der Waals surface area (Å²) in [6.07, 6.45) is 3.59. The quantitative estimate of drug-likeness (QED) is 0.130. The van der Waals surface area contributed by atoms with Gasteiger partial charge in [0.15, 0.2) is 0 Å². The number of aromatic hydroxyl groups is 1. The third kappa shape index (κ3) is 10.6. The number of hydrazine groups is 1. The van der Waals surface area contributed by atoms with Crippen molar-refractivity contribution < 1.29 is 38.6 Å². The molecule has 17 nitrogen and oxygen atoms in total. The molecule has 4 N–H and O–H groups in total. The van der Waals surface area contributed by atoms with E-state index in [4.69, 9.17) is 14.5 Å². The molecular formula is C52H69N9O8. The van der Waals surface area contributed by atoms with Gasteiger partial charge in [0.1, 0.15) is 23.9 Å². The Morgan fingerprint density at radius 1 is 1.00 bits per heavy atom. The Hall–Kier alpha value is -6.04. The van der Waals surface area contributed by atoms with Crippen LogP contribution in [-0.4, -0.2) is 148 Å². The number of hydrogen-bond donors (Lipinski definition) is 4. The number of esters is 1. The lowest BCUT2D eigenvalue weighted by molar-refractivity contribution is -0.155. The van der Waals surface area contributed by atoms with Gasteiger partial charge in [-0.3, -0.25) is 29.2 Å². The number of rotatable bonds is 9. The molecule has 4 aliphatic heterocycles. The zero-order valence-corrected chi connectivity index (χ0v) is 41.3. The van der Waals surface area contributed by atoms with Crippen LogP contribution in [-0.2, 0) is 48.0 Å². The average molecular weight is 948 g/mol. The first kappa shape index (κ1) is 49.4. The van der Waals surface area contributed by atoms with Crippen LogP contribution in [0.1, 0.15) is 83.7 Å². The van der Waals surface area contributed by atoms with E-state index in [0.717, 1.165) is 44.5 Å². The van der Waals surface area contributed by atoms with Gasteiger partial charge < -0.3 is 44.5 Å². The highest BCUT2D eigenvalue weighted by molar-refractivity contribution is 5.96. The molecule has 0 aliphatic carbocycles. The first-order valence-electron chi connectivity index (χ1n) is 24.5. The molecular weight excluding hydrogens is 879 g/mol.